The standard InChI is InChI=1S/C16H18Cl2N2/c1-3-10-19-16(14-9-4-6-11(2)20-14)12-7-5-8-13(17)15(12)18/h4-9,16,19H,3,10H2,1-2H3. The lowest BCUT2D eigenvalue weighted by molar-refractivity contribution is 0.585. The summed E-state index contributed by atoms with van der Waals surface area (Å²) < 4.78 is 0. The molecule has 106 valence electrons. The molecule has 0 amide bonds. The van der Waals surface area contributed by atoms with Gasteiger partial charge in [0.25, 0.3) is 0 Å². The van der Waals surface area contributed by atoms with Crippen molar-refractivity contribution in [2.45, 2.75) is 26.3 Å². The Kier molecular flexibility index (Phi) is 5.41. The molecule has 0 spiro atoms. The number of rotatable bonds is 5. The Morgan fingerprint density at radius 3 is 2.60 bits per heavy atom. The van der Waals surface area contributed by atoms with Crippen LogP contribution in [0.15, 0.2) is 36.4 Å². The zero-order chi connectivity index (χ0) is 14.5. The van der Waals surface area contributed by atoms with E-state index in [0.717, 1.165) is 29.9 Å². The molecule has 1 unspecified atom stereocenters. The van der Waals surface area contributed by atoms with E-state index in [1.165, 1.54) is 0 Å². The van der Waals surface area contributed by atoms with Crippen LogP contribution < -0.4 is 5.32 Å². The third kappa shape index (κ3) is 3.51. The zero-order valence-corrected chi connectivity index (χ0v) is 13.2. The molecule has 2 aromatic rings. The molecule has 1 N–H and O–H groups in total. The van der Waals surface area contributed by atoms with Crippen molar-refractivity contribution < 1.29 is 0 Å². The molecule has 0 aliphatic carbocycles. The van der Waals surface area contributed by atoms with Gasteiger partial charge in [-0.3, -0.25) is 4.98 Å². The fourth-order valence-corrected chi connectivity index (χ4v) is 2.55. The van der Waals surface area contributed by atoms with E-state index in [1.54, 1.807) is 6.07 Å². The van der Waals surface area contributed by atoms with E-state index in [0.29, 0.717) is 10.0 Å². The molecule has 0 bridgehead atoms. The Hall–Kier alpha value is -1.09. The third-order valence-electron chi connectivity index (χ3n) is 3.10. The van der Waals surface area contributed by atoms with Crippen LogP contribution in [0.3, 0.4) is 0 Å². The number of nitrogens with zero attached hydrogens (tertiary/aromatic N) is 1. The van der Waals surface area contributed by atoms with E-state index in [-0.39, 0.29) is 6.04 Å². The smallest absolute Gasteiger partial charge is 0.0766 e. The molecule has 2 rings (SSSR count). The Morgan fingerprint density at radius 1 is 1.15 bits per heavy atom. The lowest BCUT2D eigenvalue weighted by Gasteiger charge is -2.20. The predicted molar refractivity (Wildman–Crippen MR) is 85.6 cm³/mol. The van der Waals surface area contributed by atoms with Crippen LogP contribution in [0.1, 0.15) is 36.3 Å². The van der Waals surface area contributed by atoms with Crippen LogP contribution in [0.25, 0.3) is 0 Å². The number of hydrogen-bond donors (Lipinski definition) is 1. The molecule has 1 aromatic carbocycles. The van der Waals surface area contributed by atoms with Gasteiger partial charge in [-0.2, -0.15) is 0 Å². The van der Waals surface area contributed by atoms with Crippen LogP contribution in [0.4, 0.5) is 0 Å². The van der Waals surface area contributed by atoms with E-state index in [9.17, 15) is 0 Å². The maximum Gasteiger partial charge on any atom is 0.0766 e. The van der Waals surface area contributed by atoms with Crippen LogP contribution in [0, 0.1) is 6.92 Å². The second kappa shape index (κ2) is 7.07. The minimum absolute atomic E-state index is 0.0407. The van der Waals surface area contributed by atoms with E-state index in [1.807, 2.05) is 37.3 Å². The molecular weight excluding hydrogens is 291 g/mol. The SMILES string of the molecule is CCCNC(c1cccc(C)n1)c1cccc(Cl)c1Cl. The Labute approximate surface area is 130 Å². The Morgan fingerprint density at radius 2 is 1.90 bits per heavy atom. The number of aryl methyl sites for hydroxylation is 1. The molecule has 0 aliphatic heterocycles. The van der Waals surface area contributed by atoms with Crippen molar-refractivity contribution in [3.63, 3.8) is 0 Å². The second-order valence-corrected chi connectivity index (χ2v) is 5.52. The van der Waals surface area contributed by atoms with Crippen molar-refractivity contribution in [2.24, 2.45) is 0 Å². The first-order chi connectivity index (χ1) is 9.63. The summed E-state index contributed by atoms with van der Waals surface area (Å²) in [7, 11) is 0. The van der Waals surface area contributed by atoms with Gasteiger partial charge in [0.1, 0.15) is 0 Å². The number of halogens is 2. The average molecular weight is 309 g/mol. The average Bonchev–Trinajstić information content (AvgIpc) is 2.44. The maximum absolute atomic E-state index is 6.36. The molecule has 0 saturated carbocycles. The van der Waals surface area contributed by atoms with Gasteiger partial charge >= 0.3 is 0 Å². The number of hydrogen-bond acceptors (Lipinski definition) is 2. The van der Waals surface area contributed by atoms with Gasteiger partial charge in [0.2, 0.25) is 0 Å². The van der Waals surface area contributed by atoms with Crippen molar-refractivity contribution >= 4 is 23.2 Å². The molecule has 0 radical (unpaired) electrons. The summed E-state index contributed by atoms with van der Waals surface area (Å²) in [5, 5.41) is 4.65. The monoisotopic (exact) mass is 308 g/mol. The molecule has 1 aromatic heterocycles. The van der Waals surface area contributed by atoms with E-state index in [2.05, 4.69) is 17.2 Å². The predicted octanol–water partition coefficient (Wildman–Crippen LogP) is 4.79. The number of benzene rings is 1. The summed E-state index contributed by atoms with van der Waals surface area (Å²) >= 11 is 12.5. The molecule has 2 nitrogen and oxygen atoms in total. The minimum Gasteiger partial charge on any atom is -0.305 e. The quantitative estimate of drug-likeness (QED) is 0.859. The minimum atomic E-state index is -0.0407. The van der Waals surface area contributed by atoms with Crippen LogP contribution in [0.2, 0.25) is 10.0 Å². The van der Waals surface area contributed by atoms with Crippen LogP contribution in [-0.2, 0) is 0 Å². The molecule has 0 fully saturated rings. The molecule has 0 saturated heterocycles. The summed E-state index contributed by atoms with van der Waals surface area (Å²) in [6.45, 7) is 5.01. The van der Waals surface area contributed by atoms with Gasteiger partial charge in [0.15, 0.2) is 0 Å². The lowest BCUT2D eigenvalue weighted by atomic mass is 10.0. The van der Waals surface area contributed by atoms with Crippen LogP contribution >= 0.6 is 23.2 Å². The van der Waals surface area contributed by atoms with Gasteiger partial charge < -0.3 is 5.32 Å². The van der Waals surface area contributed by atoms with Crippen molar-refractivity contribution in [1.29, 1.82) is 0 Å². The molecular formula is C16H18Cl2N2. The zero-order valence-electron chi connectivity index (χ0n) is 11.7. The highest BCUT2D eigenvalue weighted by Gasteiger charge is 2.18. The topological polar surface area (TPSA) is 24.9 Å². The highest BCUT2D eigenvalue weighted by atomic mass is 35.5. The lowest BCUT2D eigenvalue weighted by Crippen LogP contribution is -2.24. The highest BCUT2D eigenvalue weighted by molar-refractivity contribution is 6.42. The van der Waals surface area contributed by atoms with E-state index >= 15 is 0 Å². The first kappa shape index (κ1) is 15.3. The Bertz CT molecular complexity index is 584. The van der Waals surface area contributed by atoms with Crippen LogP contribution in [-0.4, -0.2) is 11.5 Å². The first-order valence-corrected chi connectivity index (χ1v) is 7.50. The molecule has 4 heteroatoms. The van der Waals surface area contributed by atoms with Gasteiger partial charge in [0, 0.05) is 5.69 Å². The van der Waals surface area contributed by atoms with Crippen molar-refractivity contribution in [1.82, 2.24) is 10.3 Å². The van der Waals surface area contributed by atoms with Crippen molar-refractivity contribution in [2.75, 3.05) is 6.54 Å². The van der Waals surface area contributed by atoms with Crippen molar-refractivity contribution in [3.05, 3.63) is 63.4 Å². The molecule has 1 heterocycles. The summed E-state index contributed by atoms with van der Waals surface area (Å²) in [6.07, 6.45) is 1.04. The largest absolute Gasteiger partial charge is 0.305 e. The summed E-state index contributed by atoms with van der Waals surface area (Å²) in [6, 6.07) is 11.7. The van der Waals surface area contributed by atoms with E-state index in [4.69, 9.17) is 23.2 Å². The van der Waals surface area contributed by atoms with Gasteiger partial charge in [0.05, 0.1) is 21.8 Å². The Balaban J connectivity index is 2.44. The van der Waals surface area contributed by atoms with Crippen LogP contribution in [0.5, 0.6) is 0 Å². The molecule has 0 aliphatic rings. The molecule has 1 atom stereocenters. The third-order valence-corrected chi connectivity index (χ3v) is 3.93. The number of nitrogens with one attached hydrogen (secondary N) is 1. The fraction of sp³-hybridized carbons (Fsp3) is 0.312. The summed E-state index contributed by atoms with van der Waals surface area (Å²) in [5.41, 5.74) is 2.91. The summed E-state index contributed by atoms with van der Waals surface area (Å²) in [4.78, 5) is 4.61. The number of aromatic nitrogens is 1. The van der Waals surface area contributed by atoms with Crippen molar-refractivity contribution in [3.8, 4) is 0 Å². The first-order valence-electron chi connectivity index (χ1n) is 6.74. The van der Waals surface area contributed by atoms with Gasteiger partial charge in [-0.15, -0.1) is 0 Å². The summed E-state index contributed by atoms with van der Waals surface area (Å²) in [5.74, 6) is 0. The van der Waals surface area contributed by atoms with Gasteiger partial charge in [-0.25, -0.2) is 0 Å². The molecule has 20 heavy (non-hydrogen) atoms. The number of pyridine rings is 1. The maximum atomic E-state index is 6.36. The van der Waals surface area contributed by atoms with E-state index < -0.39 is 0 Å². The van der Waals surface area contributed by atoms with Gasteiger partial charge in [-0.05, 0) is 43.7 Å². The highest BCUT2D eigenvalue weighted by Crippen LogP contribution is 2.32. The van der Waals surface area contributed by atoms with Gasteiger partial charge in [-0.1, -0.05) is 48.3 Å². The second-order valence-electron chi connectivity index (χ2n) is 4.73. The normalized spacial score (nSPS) is 12.4. The fourth-order valence-electron chi connectivity index (χ4n) is 2.13.